The van der Waals surface area contributed by atoms with Gasteiger partial charge in [-0.15, -0.1) is 0 Å². The average molecular weight is 363 g/mol. The van der Waals surface area contributed by atoms with Crippen molar-refractivity contribution in [2.45, 2.75) is 12.6 Å². The maximum atomic E-state index is 11.9. The van der Waals surface area contributed by atoms with E-state index < -0.39 is 12.8 Å². The lowest BCUT2D eigenvalue weighted by atomic mass is 10.3. The van der Waals surface area contributed by atoms with Crippen molar-refractivity contribution in [2.75, 3.05) is 47.1 Å². The van der Waals surface area contributed by atoms with Crippen LogP contribution in [0, 0.1) is 0 Å². The molecule has 0 aliphatic heterocycles. The minimum atomic E-state index is -4.28. The molecule has 142 valence electrons. The Hall–Kier alpha value is -2.16. The van der Waals surface area contributed by atoms with Gasteiger partial charge in [-0.25, -0.2) is 0 Å². The van der Waals surface area contributed by atoms with E-state index in [9.17, 15) is 13.2 Å². The molecular formula is C16H24F3N3O3. The molecule has 0 saturated carbocycles. The number of rotatable bonds is 10. The number of halogens is 3. The topological polar surface area (TPSA) is 64.1 Å². The maximum absolute atomic E-state index is 11.9. The molecular weight excluding hydrogens is 339 g/mol. The van der Waals surface area contributed by atoms with Gasteiger partial charge in [-0.1, -0.05) is 0 Å². The molecule has 0 saturated heterocycles. The molecule has 2 N–H and O–H groups in total. The Morgan fingerprint density at radius 1 is 1.04 bits per heavy atom. The first-order valence-electron chi connectivity index (χ1n) is 7.80. The van der Waals surface area contributed by atoms with Gasteiger partial charge in [-0.3, -0.25) is 4.99 Å². The number of methoxy groups -OCH3 is 1. The fourth-order valence-electron chi connectivity index (χ4n) is 1.80. The van der Waals surface area contributed by atoms with Gasteiger partial charge in [0.05, 0.1) is 13.7 Å². The average Bonchev–Trinajstić information content (AvgIpc) is 2.59. The lowest BCUT2D eigenvalue weighted by Crippen LogP contribution is -2.40. The number of ether oxygens (including phenoxy) is 3. The van der Waals surface area contributed by atoms with Gasteiger partial charge >= 0.3 is 6.18 Å². The van der Waals surface area contributed by atoms with Crippen LogP contribution in [-0.4, -0.2) is 59.2 Å². The Balaban J connectivity index is 2.09. The van der Waals surface area contributed by atoms with Gasteiger partial charge in [0, 0.05) is 20.2 Å². The standard InChI is InChI=1S/C16H24F3N3O3/c1-20-15(21-8-3-10-24-12-16(17,18)19)22-9-11-25-14-6-4-13(23-2)5-7-14/h4-7H,3,8-12H2,1-2H3,(H2,20,21,22). The van der Waals surface area contributed by atoms with Gasteiger partial charge in [-0.05, 0) is 30.7 Å². The molecule has 0 amide bonds. The first-order valence-corrected chi connectivity index (χ1v) is 7.80. The van der Waals surface area contributed by atoms with E-state index >= 15 is 0 Å². The largest absolute Gasteiger partial charge is 0.497 e. The van der Waals surface area contributed by atoms with E-state index in [4.69, 9.17) is 9.47 Å². The molecule has 0 bridgehead atoms. The summed E-state index contributed by atoms with van der Waals surface area (Å²) in [5.41, 5.74) is 0. The minimum absolute atomic E-state index is 0.0318. The van der Waals surface area contributed by atoms with Crippen molar-refractivity contribution in [1.29, 1.82) is 0 Å². The summed E-state index contributed by atoms with van der Waals surface area (Å²) in [5.74, 6) is 2.04. The van der Waals surface area contributed by atoms with Crippen LogP contribution < -0.4 is 20.1 Å². The first kappa shape index (κ1) is 20.9. The van der Waals surface area contributed by atoms with Crippen LogP contribution in [0.1, 0.15) is 6.42 Å². The molecule has 25 heavy (non-hydrogen) atoms. The summed E-state index contributed by atoms with van der Waals surface area (Å²) < 4.78 is 50.8. The Bertz CT molecular complexity index is 508. The van der Waals surface area contributed by atoms with Crippen LogP contribution in [0.3, 0.4) is 0 Å². The van der Waals surface area contributed by atoms with E-state index in [0.717, 1.165) is 11.5 Å². The third kappa shape index (κ3) is 10.3. The number of benzene rings is 1. The summed E-state index contributed by atoms with van der Waals surface area (Å²) in [5, 5.41) is 6.03. The third-order valence-corrected chi connectivity index (χ3v) is 2.97. The molecule has 9 heteroatoms. The number of hydrogen-bond donors (Lipinski definition) is 2. The fourth-order valence-corrected chi connectivity index (χ4v) is 1.80. The van der Waals surface area contributed by atoms with E-state index in [2.05, 4.69) is 20.4 Å². The number of nitrogens with one attached hydrogen (secondary N) is 2. The van der Waals surface area contributed by atoms with Gasteiger partial charge in [0.25, 0.3) is 0 Å². The molecule has 1 aromatic rings. The molecule has 0 fully saturated rings. The van der Waals surface area contributed by atoms with Crippen LogP contribution in [0.25, 0.3) is 0 Å². The first-order chi connectivity index (χ1) is 11.9. The normalized spacial score (nSPS) is 12.0. The third-order valence-electron chi connectivity index (χ3n) is 2.97. The van der Waals surface area contributed by atoms with E-state index in [1.807, 2.05) is 24.3 Å². The minimum Gasteiger partial charge on any atom is -0.497 e. The van der Waals surface area contributed by atoms with Crippen molar-refractivity contribution < 1.29 is 27.4 Å². The summed E-state index contributed by atoms with van der Waals surface area (Å²) >= 11 is 0. The van der Waals surface area contributed by atoms with Crippen molar-refractivity contribution in [3.05, 3.63) is 24.3 Å². The molecule has 0 aliphatic carbocycles. The molecule has 0 unspecified atom stereocenters. The zero-order chi connectivity index (χ0) is 18.5. The van der Waals surface area contributed by atoms with Crippen molar-refractivity contribution in [1.82, 2.24) is 10.6 Å². The summed E-state index contributed by atoms with van der Waals surface area (Å²) in [4.78, 5) is 4.01. The number of guanidine groups is 1. The zero-order valence-electron chi connectivity index (χ0n) is 14.4. The van der Waals surface area contributed by atoms with Gasteiger partial charge in [-0.2, -0.15) is 13.2 Å². The van der Waals surface area contributed by atoms with E-state index in [1.54, 1.807) is 14.2 Å². The quantitative estimate of drug-likeness (QED) is 0.379. The Kier molecular flexibility index (Phi) is 9.53. The van der Waals surface area contributed by atoms with Crippen molar-refractivity contribution in [3.63, 3.8) is 0 Å². The van der Waals surface area contributed by atoms with Crippen molar-refractivity contribution in [2.24, 2.45) is 4.99 Å². The predicted molar refractivity (Wildman–Crippen MR) is 89.3 cm³/mol. The summed E-state index contributed by atoms with van der Waals surface area (Å²) in [6.45, 7) is 0.224. The number of hydrogen-bond acceptors (Lipinski definition) is 4. The second kappa shape index (κ2) is 11.4. The van der Waals surface area contributed by atoms with Crippen LogP contribution in [0.15, 0.2) is 29.3 Å². The maximum Gasteiger partial charge on any atom is 0.411 e. The van der Waals surface area contributed by atoms with Crippen molar-refractivity contribution in [3.8, 4) is 11.5 Å². The highest BCUT2D eigenvalue weighted by atomic mass is 19.4. The highest BCUT2D eigenvalue weighted by Crippen LogP contribution is 2.16. The van der Waals surface area contributed by atoms with E-state index in [1.165, 1.54) is 0 Å². The Labute approximate surface area is 145 Å². The second-order valence-corrected chi connectivity index (χ2v) is 4.97. The fraction of sp³-hybridized carbons (Fsp3) is 0.562. The molecule has 0 aromatic heterocycles. The number of alkyl halides is 3. The molecule has 0 spiro atoms. The SMILES string of the molecule is CN=C(NCCCOCC(F)(F)F)NCCOc1ccc(OC)cc1. The van der Waals surface area contributed by atoms with Crippen LogP contribution in [0.2, 0.25) is 0 Å². The molecule has 1 aromatic carbocycles. The van der Waals surface area contributed by atoms with Crippen LogP contribution in [0.4, 0.5) is 13.2 Å². The molecule has 0 atom stereocenters. The van der Waals surface area contributed by atoms with Gasteiger partial charge in [0.15, 0.2) is 5.96 Å². The highest BCUT2D eigenvalue weighted by molar-refractivity contribution is 5.79. The number of nitrogens with zero attached hydrogens (tertiary/aromatic N) is 1. The monoisotopic (exact) mass is 363 g/mol. The van der Waals surface area contributed by atoms with Gasteiger partial charge in [0.2, 0.25) is 0 Å². The molecule has 0 radical (unpaired) electrons. The smallest absolute Gasteiger partial charge is 0.411 e. The molecule has 6 nitrogen and oxygen atoms in total. The second-order valence-electron chi connectivity index (χ2n) is 4.97. The van der Waals surface area contributed by atoms with Gasteiger partial charge in [0.1, 0.15) is 24.7 Å². The highest BCUT2D eigenvalue weighted by Gasteiger charge is 2.27. The summed E-state index contributed by atoms with van der Waals surface area (Å²) in [6.07, 6.45) is -3.84. The number of aliphatic imine (C=N–C) groups is 1. The van der Waals surface area contributed by atoms with Crippen LogP contribution >= 0.6 is 0 Å². The zero-order valence-corrected chi connectivity index (χ0v) is 14.4. The van der Waals surface area contributed by atoms with Crippen LogP contribution in [0.5, 0.6) is 11.5 Å². The molecule has 0 aliphatic rings. The predicted octanol–water partition coefficient (Wildman–Crippen LogP) is 2.21. The van der Waals surface area contributed by atoms with Crippen LogP contribution in [-0.2, 0) is 4.74 Å². The molecule has 1 rings (SSSR count). The van der Waals surface area contributed by atoms with Crippen molar-refractivity contribution >= 4 is 5.96 Å². The lowest BCUT2D eigenvalue weighted by molar-refractivity contribution is -0.173. The Morgan fingerprint density at radius 2 is 1.68 bits per heavy atom. The van der Waals surface area contributed by atoms with E-state index in [0.29, 0.717) is 32.1 Å². The van der Waals surface area contributed by atoms with E-state index in [-0.39, 0.29) is 6.61 Å². The lowest BCUT2D eigenvalue weighted by Gasteiger charge is -2.13. The Morgan fingerprint density at radius 3 is 2.28 bits per heavy atom. The summed E-state index contributed by atoms with van der Waals surface area (Å²) in [7, 11) is 3.21. The van der Waals surface area contributed by atoms with Gasteiger partial charge < -0.3 is 24.8 Å². The summed E-state index contributed by atoms with van der Waals surface area (Å²) in [6, 6.07) is 7.24. The molecule has 0 heterocycles.